The molecule has 14 heavy (non-hydrogen) atoms. The summed E-state index contributed by atoms with van der Waals surface area (Å²) in [7, 11) is 0. The molecule has 1 saturated carbocycles. The number of carbonyl (C=O) groups excluding carboxylic acids is 1. The van der Waals surface area contributed by atoms with Crippen LogP contribution in [-0.4, -0.2) is 11.3 Å². The van der Waals surface area contributed by atoms with Gasteiger partial charge >= 0.3 is 0 Å². The predicted molar refractivity (Wildman–Crippen MR) is 58.0 cm³/mol. The molecule has 0 spiro atoms. The highest BCUT2D eigenvalue weighted by Gasteiger charge is 2.36. The highest BCUT2D eigenvalue weighted by atomic mass is 79.9. The van der Waals surface area contributed by atoms with Crippen LogP contribution < -0.4 is 0 Å². The summed E-state index contributed by atoms with van der Waals surface area (Å²) in [4.78, 5) is 15.2. The van der Waals surface area contributed by atoms with E-state index in [2.05, 4.69) is 20.9 Å². The van der Waals surface area contributed by atoms with E-state index in [0.29, 0.717) is 0 Å². The minimum Gasteiger partial charge on any atom is -0.303 e. The van der Waals surface area contributed by atoms with Gasteiger partial charge in [0.05, 0.1) is 0 Å². The monoisotopic (exact) mass is 253 g/mol. The lowest BCUT2D eigenvalue weighted by Crippen LogP contribution is -2.33. The SMILES string of the molecule is O=CC1(Cc2ccc(Br)cn2)CCC1. The number of hydrogen-bond donors (Lipinski definition) is 0. The smallest absolute Gasteiger partial charge is 0.126 e. The van der Waals surface area contributed by atoms with E-state index in [1.165, 1.54) is 6.42 Å². The molecule has 1 aromatic rings. The summed E-state index contributed by atoms with van der Waals surface area (Å²) in [6.07, 6.45) is 6.91. The van der Waals surface area contributed by atoms with Crippen LogP contribution in [0.1, 0.15) is 25.0 Å². The van der Waals surface area contributed by atoms with Crippen molar-refractivity contribution in [1.82, 2.24) is 4.98 Å². The summed E-state index contributed by atoms with van der Waals surface area (Å²) in [6, 6.07) is 3.95. The molecule has 0 aromatic carbocycles. The van der Waals surface area contributed by atoms with Crippen molar-refractivity contribution in [2.45, 2.75) is 25.7 Å². The molecule has 0 aliphatic heterocycles. The Bertz CT molecular complexity index is 330. The minimum absolute atomic E-state index is 0.0964. The fourth-order valence-electron chi connectivity index (χ4n) is 1.84. The van der Waals surface area contributed by atoms with Gasteiger partial charge < -0.3 is 4.79 Å². The van der Waals surface area contributed by atoms with Gasteiger partial charge in [0.15, 0.2) is 0 Å². The molecule has 74 valence electrons. The first-order chi connectivity index (χ1) is 6.74. The van der Waals surface area contributed by atoms with Gasteiger partial charge in [-0.25, -0.2) is 0 Å². The van der Waals surface area contributed by atoms with Gasteiger partial charge in [-0.2, -0.15) is 0 Å². The Labute approximate surface area is 91.9 Å². The predicted octanol–water partition coefficient (Wildman–Crippen LogP) is 2.76. The zero-order valence-corrected chi connectivity index (χ0v) is 9.46. The number of pyridine rings is 1. The molecule has 1 heterocycles. The van der Waals surface area contributed by atoms with Gasteiger partial charge in [0, 0.05) is 28.2 Å². The van der Waals surface area contributed by atoms with E-state index in [1.54, 1.807) is 6.20 Å². The Kier molecular flexibility index (Phi) is 2.68. The molecule has 1 fully saturated rings. The number of hydrogen-bond acceptors (Lipinski definition) is 2. The second kappa shape index (κ2) is 3.81. The van der Waals surface area contributed by atoms with Crippen LogP contribution in [0.15, 0.2) is 22.8 Å². The minimum atomic E-state index is -0.0964. The molecule has 1 aliphatic rings. The first-order valence-electron chi connectivity index (χ1n) is 4.81. The molecule has 2 rings (SSSR count). The quantitative estimate of drug-likeness (QED) is 0.776. The molecule has 0 atom stereocenters. The Hall–Kier alpha value is -0.700. The van der Waals surface area contributed by atoms with Gasteiger partial charge in [0.1, 0.15) is 6.29 Å². The van der Waals surface area contributed by atoms with E-state index in [9.17, 15) is 4.79 Å². The maximum Gasteiger partial charge on any atom is 0.126 e. The summed E-state index contributed by atoms with van der Waals surface area (Å²) >= 11 is 3.34. The molecule has 1 aromatic heterocycles. The van der Waals surface area contributed by atoms with Crippen LogP contribution in [0.5, 0.6) is 0 Å². The van der Waals surface area contributed by atoms with Crippen molar-refractivity contribution in [2.75, 3.05) is 0 Å². The summed E-state index contributed by atoms with van der Waals surface area (Å²) in [5, 5.41) is 0. The lowest BCUT2D eigenvalue weighted by Gasteiger charge is -2.36. The van der Waals surface area contributed by atoms with E-state index in [4.69, 9.17) is 0 Å². The molecular weight excluding hydrogens is 242 g/mol. The number of halogens is 1. The van der Waals surface area contributed by atoms with Gasteiger partial charge in [-0.3, -0.25) is 4.98 Å². The molecule has 0 radical (unpaired) electrons. The Morgan fingerprint density at radius 1 is 1.50 bits per heavy atom. The fourth-order valence-corrected chi connectivity index (χ4v) is 2.07. The van der Waals surface area contributed by atoms with Gasteiger partial charge in [-0.05, 0) is 40.9 Å². The summed E-state index contributed by atoms with van der Waals surface area (Å²) in [6.45, 7) is 0. The highest BCUT2D eigenvalue weighted by Crippen LogP contribution is 2.41. The van der Waals surface area contributed by atoms with E-state index >= 15 is 0 Å². The molecule has 0 N–H and O–H groups in total. The molecular formula is C11H12BrNO. The number of nitrogens with zero attached hydrogens (tertiary/aromatic N) is 1. The largest absolute Gasteiger partial charge is 0.303 e. The van der Waals surface area contributed by atoms with Crippen molar-refractivity contribution in [1.29, 1.82) is 0 Å². The standard InChI is InChI=1S/C11H12BrNO/c12-9-2-3-10(13-7-9)6-11(8-14)4-1-5-11/h2-3,7-8H,1,4-6H2. The van der Waals surface area contributed by atoms with Gasteiger partial charge in [0.25, 0.3) is 0 Å². The molecule has 0 saturated heterocycles. The van der Waals surface area contributed by atoms with E-state index in [0.717, 1.165) is 35.7 Å². The third-order valence-corrected chi connectivity index (χ3v) is 3.39. The van der Waals surface area contributed by atoms with Gasteiger partial charge in [-0.1, -0.05) is 6.42 Å². The van der Waals surface area contributed by atoms with Crippen molar-refractivity contribution in [3.05, 3.63) is 28.5 Å². The zero-order valence-electron chi connectivity index (χ0n) is 7.87. The first-order valence-corrected chi connectivity index (χ1v) is 5.60. The number of carbonyl (C=O) groups is 1. The highest BCUT2D eigenvalue weighted by molar-refractivity contribution is 9.10. The van der Waals surface area contributed by atoms with Crippen LogP contribution in [0.25, 0.3) is 0 Å². The third kappa shape index (κ3) is 1.87. The second-order valence-electron chi connectivity index (χ2n) is 3.98. The summed E-state index contributed by atoms with van der Waals surface area (Å²) in [5.41, 5.74) is 0.917. The van der Waals surface area contributed by atoms with E-state index in [-0.39, 0.29) is 5.41 Å². The molecule has 0 amide bonds. The summed E-state index contributed by atoms with van der Waals surface area (Å²) < 4.78 is 0.981. The van der Waals surface area contributed by atoms with E-state index in [1.807, 2.05) is 12.1 Å². The average molecular weight is 254 g/mol. The maximum atomic E-state index is 10.9. The molecule has 0 bridgehead atoms. The number of aromatic nitrogens is 1. The van der Waals surface area contributed by atoms with Crippen molar-refractivity contribution >= 4 is 22.2 Å². The third-order valence-electron chi connectivity index (χ3n) is 2.92. The Balaban J connectivity index is 2.10. The van der Waals surface area contributed by atoms with Gasteiger partial charge in [0.2, 0.25) is 0 Å². The Morgan fingerprint density at radius 3 is 2.71 bits per heavy atom. The van der Waals surface area contributed by atoms with Crippen molar-refractivity contribution < 1.29 is 4.79 Å². The second-order valence-corrected chi connectivity index (χ2v) is 4.89. The lowest BCUT2D eigenvalue weighted by molar-refractivity contribution is -0.120. The van der Waals surface area contributed by atoms with Gasteiger partial charge in [-0.15, -0.1) is 0 Å². The van der Waals surface area contributed by atoms with Crippen LogP contribution in [0.2, 0.25) is 0 Å². The van der Waals surface area contributed by atoms with Crippen LogP contribution in [-0.2, 0) is 11.2 Å². The number of rotatable bonds is 3. The Morgan fingerprint density at radius 2 is 2.29 bits per heavy atom. The van der Waals surface area contributed by atoms with Crippen LogP contribution in [0.3, 0.4) is 0 Å². The first kappa shape index (κ1) is 9.84. The normalized spacial score (nSPS) is 18.6. The van der Waals surface area contributed by atoms with Crippen LogP contribution in [0.4, 0.5) is 0 Å². The van der Waals surface area contributed by atoms with Crippen LogP contribution >= 0.6 is 15.9 Å². The lowest BCUT2D eigenvalue weighted by atomic mass is 9.67. The van der Waals surface area contributed by atoms with Crippen LogP contribution in [0, 0.1) is 5.41 Å². The molecule has 2 nitrogen and oxygen atoms in total. The van der Waals surface area contributed by atoms with E-state index < -0.39 is 0 Å². The fraction of sp³-hybridized carbons (Fsp3) is 0.455. The summed E-state index contributed by atoms with van der Waals surface area (Å²) in [5.74, 6) is 0. The van der Waals surface area contributed by atoms with Crippen molar-refractivity contribution in [2.24, 2.45) is 5.41 Å². The molecule has 0 unspecified atom stereocenters. The average Bonchev–Trinajstić information content (AvgIpc) is 2.15. The number of aldehydes is 1. The zero-order chi connectivity index (χ0) is 10.0. The van der Waals surface area contributed by atoms with Crippen molar-refractivity contribution in [3.8, 4) is 0 Å². The molecule has 3 heteroatoms. The topological polar surface area (TPSA) is 30.0 Å². The maximum absolute atomic E-state index is 10.9. The van der Waals surface area contributed by atoms with Crippen molar-refractivity contribution in [3.63, 3.8) is 0 Å². The molecule has 1 aliphatic carbocycles.